The lowest BCUT2D eigenvalue weighted by atomic mass is 9.76. The van der Waals surface area contributed by atoms with Crippen LogP contribution in [-0.4, -0.2) is 23.6 Å². The minimum absolute atomic E-state index is 0.0488. The van der Waals surface area contributed by atoms with Crippen LogP contribution in [0.5, 0.6) is 0 Å². The van der Waals surface area contributed by atoms with Gasteiger partial charge in [0.05, 0.1) is 11.8 Å². The van der Waals surface area contributed by atoms with Gasteiger partial charge in [-0.3, -0.25) is 9.59 Å². The Morgan fingerprint density at radius 1 is 1.26 bits per heavy atom. The molecule has 3 unspecified atom stereocenters. The lowest BCUT2D eigenvalue weighted by molar-refractivity contribution is -0.163. The molecule has 5 atom stereocenters. The molecule has 2 rings (SSSR count). The first-order valence-electron chi connectivity index (χ1n) is 8.94. The molecule has 1 saturated carbocycles. The van der Waals surface area contributed by atoms with Crippen LogP contribution < -0.4 is 0 Å². The number of hydrogen-bond donors (Lipinski definition) is 0. The molecule has 1 heterocycles. The Hall–Kier alpha value is -1.06. The summed E-state index contributed by atoms with van der Waals surface area (Å²) < 4.78 is 11.3. The van der Waals surface area contributed by atoms with Gasteiger partial charge in [-0.25, -0.2) is 0 Å². The van der Waals surface area contributed by atoms with Gasteiger partial charge in [0.2, 0.25) is 0 Å². The molecule has 1 saturated heterocycles. The third kappa shape index (κ3) is 3.89. The zero-order chi connectivity index (χ0) is 17.5. The van der Waals surface area contributed by atoms with Crippen molar-refractivity contribution in [2.45, 2.75) is 73.0 Å². The molecule has 2 fully saturated rings. The minimum atomic E-state index is -0.492. The summed E-state index contributed by atoms with van der Waals surface area (Å²) in [4.78, 5) is 25.0. The van der Waals surface area contributed by atoms with Gasteiger partial charge in [-0.1, -0.05) is 27.7 Å². The zero-order valence-electron chi connectivity index (χ0n) is 15.6. The zero-order valence-corrected chi connectivity index (χ0v) is 15.6. The second-order valence-electron chi connectivity index (χ2n) is 8.99. The van der Waals surface area contributed by atoms with Crippen molar-refractivity contribution in [2.75, 3.05) is 0 Å². The fraction of sp³-hybridized carbons (Fsp3) is 0.895. The standard InChI is InChI=1S/C19H32O4/c1-10(2)8-14-16-13(17(20)22-14)9-12(15(16)11(3)4)18(21)23-19(5,6)7/h10-16H,8-9H2,1-7H3/t12?,13?,14-,15+,16?/m1/s1. The molecule has 0 aromatic heterocycles. The van der Waals surface area contributed by atoms with Crippen LogP contribution in [0.3, 0.4) is 0 Å². The Bertz CT molecular complexity index is 460. The normalized spacial score (nSPS) is 34.0. The van der Waals surface area contributed by atoms with Gasteiger partial charge >= 0.3 is 11.9 Å². The third-order valence-corrected chi connectivity index (χ3v) is 5.06. The van der Waals surface area contributed by atoms with E-state index in [0.29, 0.717) is 18.3 Å². The molecule has 23 heavy (non-hydrogen) atoms. The van der Waals surface area contributed by atoms with Crippen molar-refractivity contribution in [1.29, 1.82) is 0 Å². The van der Waals surface area contributed by atoms with Crippen molar-refractivity contribution < 1.29 is 19.1 Å². The average Bonchev–Trinajstić information content (AvgIpc) is 2.86. The topological polar surface area (TPSA) is 52.6 Å². The Morgan fingerprint density at radius 3 is 2.35 bits per heavy atom. The van der Waals surface area contributed by atoms with Gasteiger partial charge in [0, 0.05) is 5.92 Å². The maximum Gasteiger partial charge on any atom is 0.309 e. The first-order chi connectivity index (χ1) is 10.5. The van der Waals surface area contributed by atoms with E-state index < -0.39 is 5.60 Å². The summed E-state index contributed by atoms with van der Waals surface area (Å²) in [6.45, 7) is 14.2. The molecule has 4 nitrogen and oxygen atoms in total. The van der Waals surface area contributed by atoms with E-state index >= 15 is 0 Å². The van der Waals surface area contributed by atoms with Crippen LogP contribution in [0.25, 0.3) is 0 Å². The molecule has 1 aliphatic carbocycles. The highest BCUT2D eigenvalue weighted by atomic mass is 16.6. The lowest BCUT2D eigenvalue weighted by Gasteiger charge is -2.31. The van der Waals surface area contributed by atoms with E-state index in [2.05, 4.69) is 27.7 Å². The van der Waals surface area contributed by atoms with Crippen molar-refractivity contribution in [3.63, 3.8) is 0 Å². The Labute approximate surface area is 140 Å². The molecule has 0 aromatic carbocycles. The summed E-state index contributed by atoms with van der Waals surface area (Å²) in [6, 6.07) is 0. The van der Waals surface area contributed by atoms with Gasteiger partial charge < -0.3 is 9.47 Å². The predicted octanol–water partition coefficient (Wildman–Crippen LogP) is 3.82. The third-order valence-electron chi connectivity index (χ3n) is 5.06. The quantitative estimate of drug-likeness (QED) is 0.738. The molecule has 132 valence electrons. The van der Waals surface area contributed by atoms with E-state index in [9.17, 15) is 9.59 Å². The number of hydrogen-bond acceptors (Lipinski definition) is 4. The summed E-state index contributed by atoms with van der Waals surface area (Å²) in [5, 5.41) is 0. The number of ether oxygens (including phenoxy) is 2. The predicted molar refractivity (Wildman–Crippen MR) is 88.6 cm³/mol. The van der Waals surface area contributed by atoms with Crippen molar-refractivity contribution in [2.24, 2.45) is 35.5 Å². The molecule has 1 aliphatic heterocycles. The SMILES string of the molecule is CC(C)C[C@H]1OC(=O)C2CC(C(=O)OC(C)(C)C)[C@H](C(C)C)C21. The largest absolute Gasteiger partial charge is 0.462 e. The molecule has 0 N–H and O–H groups in total. The van der Waals surface area contributed by atoms with E-state index in [1.54, 1.807) is 0 Å². The van der Waals surface area contributed by atoms with Crippen molar-refractivity contribution in [3.05, 3.63) is 0 Å². The van der Waals surface area contributed by atoms with Crippen LogP contribution >= 0.6 is 0 Å². The van der Waals surface area contributed by atoms with Crippen LogP contribution in [0.15, 0.2) is 0 Å². The lowest BCUT2D eigenvalue weighted by Crippen LogP contribution is -2.36. The maximum atomic E-state index is 12.7. The van der Waals surface area contributed by atoms with E-state index in [0.717, 1.165) is 6.42 Å². The molecule has 0 aromatic rings. The first-order valence-corrected chi connectivity index (χ1v) is 8.94. The summed E-state index contributed by atoms with van der Waals surface area (Å²) in [5.41, 5.74) is -0.492. The molecular formula is C19H32O4. The Balaban J connectivity index is 2.24. The molecule has 0 spiro atoms. The van der Waals surface area contributed by atoms with Gasteiger partial charge in [0.1, 0.15) is 11.7 Å². The number of carbonyl (C=O) groups excluding carboxylic acids is 2. The van der Waals surface area contributed by atoms with Crippen LogP contribution in [0.4, 0.5) is 0 Å². The van der Waals surface area contributed by atoms with Gasteiger partial charge in [-0.05, 0) is 51.4 Å². The van der Waals surface area contributed by atoms with E-state index in [1.807, 2.05) is 20.8 Å². The maximum absolute atomic E-state index is 12.7. The fourth-order valence-electron chi connectivity index (χ4n) is 4.41. The molecular weight excluding hydrogens is 292 g/mol. The number of carbonyl (C=O) groups is 2. The number of cyclic esters (lactones) is 1. The molecule has 2 aliphatic rings. The number of rotatable bonds is 4. The van der Waals surface area contributed by atoms with Crippen LogP contribution in [-0.2, 0) is 19.1 Å². The van der Waals surface area contributed by atoms with Crippen molar-refractivity contribution in [3.8, 4) is 0 Å². The highest BCUT2D eigenvalue weighted by Gasteiger charge is 2.58. The van der Waals surface area contributed by atoms with E-state index in [-0.39, 0.29) is 41.7 Å². The van der Waals surface area contributed by atoms with E-state index in [1.165, 1.54) is 0 Å². The summed E-state index contributed by atoms with van der Waals surface area (Å²) in [5.74, 6) is 0.522. The summed E-state index contributed by atoms with van der Waals surface area (Å²) in [7, 11) is 0. The average molecular weight is 324 g/mol. The Kier molecular flexibility index (Phi) is 5.12. The van der Waals surface area contributed by atoms with Gasteiger partial charge in [-0.2, -0.15) is 0 Å². The monoisotopic (exact) mass is 324 g/mol. The minimum Gasteiger partial charge on any atom is -0.462 e. The smallest absolute Gasteiger partial charge is 0.309 e. The van der Waals surface area contributed by atoms with Crippen LogP contribution in [0.2, 0.25) is 0 Å². The van der Waals surface area contributed by atoms with Crippen molar-refractivity contribution >= 4 is 11.9 Å². The second-order valence-corrected chi connectivity index (χ2v) is 8.99. The highest BCUT2D eigenvalue weighted by Crippen LogP contribution is 2.53. The number of fused-ring (bicyclic) bond motifs is 1. The molecule has 0 radical (unpaired) electrons. The highest BCUT2D eigenvalue weighted by molar-refractivity contribution is 5.80. The first kappa shape index (κ1) is 18.3. The van der Waals surface area contributed by atoms with Gasteiger partial charge in [-0.15, -0.1) is 0 Å². The van der Waals surface area contributed by atoms with Gasteiger partial charge in [0.15, 0.2) is 0 Å². The molecule has 4 heteroatoms. The van der Waals surface area contributed by atoms with Gasteiger partial charge in [0.25, 0.3) is 0 Å². The van der Waals surface area contributed by atoms with Crippen LogP contribution in [0.1, 0.15) is 61.3 Å². The molecule has 0 amide bonds. The van der Waals surface area contributed by atoms with Crippen molar-refractivity contribution in [1.82, 2.24) is 0 Å². The fourth-order valence-corrected chi connectivity index (χ4v) is 4.41. The Morgan fingerprint density at radius 2 is 1.87 bits per heavy atom. The summed E-state index contributed by atoms with van der Waals surface area (Å²) >= 11 is 0. The molecule has 0 bridgehead atoms. The van der Waals surface area contributed by atoms with E-state index in [4.69, 9.17) is 9.47 Å². The number of esters is 2. The summed E-state index contributed by atoms with van der Waals surface area (Å²) in [6.07, 6.45) is 1.40. The van der Waals surface area contributed by atoms with Crippen LogP contribution in [0, 0.1) is 35.5 Å². The second kappa shape index (κ2) is 6.45.